The van der Waals surface area contributed by atoms with Crippen LogP contribution < -0.4 is 0 Å². The van der Waals surface area contributed by atoms with Crippen molar-refractivity contribution < 1.29 is 14.0 Å². The van der Waals surface area contributed by atoms with Gasteiger partial charge in [0.15, 0.2) is 0 Å². The lowest BCUT2D eigenvalue weighted by Gasteiger charge is -2.37. The third-order valence-electron chi connectivity index (χ3n) is 5.02. The summed E-state index contributed by atoms with van der Waals surface area (Å²) in [4.78, 5) is 29.0. The van der Waals surface area contributed by atoms with E-state index in [4.69, 9.17) is 11.6 Å². The molecule has 1 aliphatic rings. The number of carbonyl (C=O) groups excluding carboxylic acids is 2. The van der Waals surface area contributed by atoms with Gasteiger partial charge in [-0.15, -0.1) is 0 Å². The molecule has 29 heavy (non-hydrogen) atoms. The Morgan fingerprint density at radius 3 is 2.17 bits per heavy atom. The smallest absolute Gasteiger partial charge is 0.259 e. The van der Waals surface area contributed by atoms with Gasteiger partial charge in [0.25, 0.3) is 5.91 Å². The second-order valence-electron chi connectivity index (χ2n) is 8.37. The van der Waals surface area contributed by atoms with Gasteiger partial charge in [0.2, 0.25) is 5.91 Å². The minimum absolute atomic E-state index is 0.0888. The largest absolute Gasteiger partial charge is 0.339 e. The summed E-state index contributed by atoms with van der Waals surface area (Å²) in [6.45, 7) is 9.70. The molecule has 156 valence electrons. The van der Waals surface area contributed by atoms with Crippen LogP contribution in [0.4, 0.5) is 4.39 Å². The Morgan fingerprint density at radius 2 is 1.62 bits per heavy atom. The predicted octanol–water partition coefficient (Wildman–Crippen LogP) is 3.36. The Hall–Kier alpha value is -2.41. The number of halogens is 2. The van der Waals surface area contributed by atoms with Crippen LogP contribution in [0.25, 0.3) is 0 Å². The molecular weight excluding hydrogens is 395 g/mol. The summed E-state index contributed by atoms with van der Waals surface area (Å²) in [7, 11) is 0. The van der Waals surface area contributed by atoms with Crippen molar-refractivity contribution in [1.29, 1.82) is 0 Å². The molecule has 2 heterocycles. The minimum atomic E-state index is -0.437. The highest BCUT2D eigenvalue weighted by molar-refractivity contribution is 6.33. The van der Waals surface area contributed by atoms with Crippen molar-refractivity contribution in [3.8, 4) is 0 Å². The Labute approximate surface area is 175 Å². The number of benzene rings is 1. The first kappa shape index (κ1) is 21.3. The van der Waals surface area contributed by atoms with Crippen LogP contribution in [0, 0.1) is 18.2 Å². The first-order valence-electron chi connectivity index (χ1n) is 9.64. The molecule has 2 amide bonds. The Balaban J connectivity index is 1.71. The molecule has 1 aromatic heterocycles. The fraction of sp³-hybridized carbons (Fsp3) is 0.476. The zero-order valence-corrected chi connectivity index (χ0v) is 18.0. The Kier molecular flexibility index (Phi) is 5.98. The van der Waals surface area contributed by atoms with Crippen LogP contribution in [0.15, 0.2) is 24.3 Å². The molecule has 0 radical (unpaired) electrons. The van der Waals surface area contributed by atoms with Gasteiger partial charge in [-0.3, -0.25) is 9.59 Å². The normalized spacial score (nSPS) is 15.0. The van der Waals surface area contributed by atoms with Crippen molar-refractivity contribution in [2.24, 2.45) is 5.41 Å². The van der Waals surface area contributed by atoms with Gasteiger partial charge in [-0.25, -0.2) is 9.07 Å². The molecule has 1 aromatic carbocycles. The summed E-state index contributed by atoms with van der Waals surface area (Å²) in [6, 6.07) is 6.08. The SMILES string of the molecule is Cc1nn(Cc2ccc(F)cc2)c(Cl)c1C(=O)N1CCN(C(=O)C(C)(C)C)CC1. The molecule has 0 bridgehead atoms. The molecule has 1 fully saturated rings. The van der Waals surface area contributed by atoms with Gasteiger partial charge in [0.1, 0.15) is 11.0 Å². The Morgan fingerprint density at radius 1 is 1.07 bits per heavy atom. The van der Waals surface area contributed by atoms with Crippen molar-refractivity contribution in [2.75, 3.05) is 26.2 Å². The molecule has 0 aliphatic carbocycles. The quantitative estimate of drug-likeness (QED) is 0.765. The van der Waals surface area contributed by atoms with Crippen LogP contribution >= 0.6 is 11.6 Å². The molecule has 6 nitrogen and oxygen atoms in total. The van der Waals surface area contributed by atoms with Gasteiger partial charge in [-0.05, 0) is 24.6 Å². The van der Waals surface area contributed by atoms with Crippen LogP contribution in [0.5, 0.6) is 0 Å². The summed E-state index contributed by atoms with van der Waals surface area (Å²) in [5.74, 6) is -0.400. The standard InChI is InChI=1S/C21H26ClFN4O2/c1-14-17(18(22)27(24-14)13-15-5-7-16(23)8-6-15)19(28)25-9-11-26(12-10-25)20(29)21(2,3)4/h5-8H,9-13H2,1-4H3. The second-order valence-corrected chi connectivity index (χ2v) is 8.73. The zero-order chi connectivity index (χ0) is 21.3. The number of piperazine rings is 1. The zero-order valence-electron chi connectivity index (χ0n) is 17.2. The Bertz CT molecular complexity index is 910. The molecule has 0 spiro atoms. The fourth-order valence-corrected chi connectivity index (χ4v) is 3.72. The van der Waals surface area contributed by atoms with Crippen LogP contribution in [-0.2, 0) is 11.3 Å². The number of aryl methyl sites for hydroxylation is 1. The number of hydrogen-bond acceptors (Lipinski definition) is 3. The number of nitrogens with zero attached hydrogens (tertiary/aromatic N) is 4. The van der Waals surface area contributed by atoms with E-state index < -0.39 is 5.41 Å². The maximum atomic E-state index is 13.1. The predicted molar refractivity (Wildman–Crippen MR) is 109 cm³/mol. The van der Waals surface area contributed by atoms with Crippen LogP contribution in [-0.4, -0.2) is 57.6 Å². The van der Waals surface area contributed by atoms with E-state index in [2.05, 4.69) is 5.10 Å². The lowest BCUT2D eigenvalue weighted by molar-refractivity contribution is -0.140. The van der Waals surface area contributed by atoms with Crippen molar-refractivity contribution in [3.63, 3.8) is 0 Å². The summed E-state index contributed by atoms with van der Waals surface area (Å²) in [5.41, 5.74) is 1.33. The highest BCUT2D eigenvalue weighted by atomic mass is 35.5. The van der Waals surface area contributed by atoms with Gasteiger partial charge in [-0.1, -0.05) is 44.5 Å². The van der Waals surface area contributed by atoms with Crippen molar-refractivity contribution in [1.82, 2.24) is 19.6 Å². The molecule has 1 aliphatic heterocycles. The van der Waals surface area contributed by atoms with E-state index in [1.165, 1.54) is 12.1 Å². The average Bonchev–Trinajstić information content (AvgIpc) is 2.95. The van der Waals surface area contributed by atoms with Gasteiger partial charge in [-0.2, -0.15) is 5.10 Å². The summed E-state index contributed by atoms with van der Waals surface area (Å²) in [6.07, 6.45) is 0. The van der Waals surface area contributed by atoms with Crippen molar-refractivity contribution >= 4 is 23.4 Å². The maximum absolute atomic E-state index is 13.1. The summed E-state index contributed by atoms with van der Waals surface area (Å²) >= 11 is 6.48. The van der Waals surface area contributed by atoms with E-state index >= 15 is 0 Å². The third kappa shape index (κ3) is 4.61. The van der Waals surface area contributed by atoms with Gasteiger partial charge < -0.3 is 9.80 Å². The summed E-state index contributed by atoms with van der Waals surface area (Å²) < 4.78 is 14.7. The highest BCUT2D eigenvalue weighted by Crippen LogP contribution is 2.24. The molecule has 0 unspecified atom stereocenters. The third-order valence-corrected chi connectivity index (χ3v) is 5.40. The number of aromatic nitrogens is 2. The highest BCUT2D eigenvalue weighted by Gasteiger charge is 2.32. The number of hydrogen-bond donors (Lipinski definition) is 0. The minimum Gasteiger partial charge on any atom is -0.339 e. The van der Waals surface area contributed by atoms with E-state index in [1.54, 1.807) is 33.5 Å². The van der Waals surface area contributed by atoms with Gasteiger partial charge in [0.05, 0.1) is 17.8 Å². The van der Waals surface area contributed by atoms with E-state index in [1.807, 2.05) is 20.8 Å². The molecule has 0 atom stereocenters. The number of rotatable bonds is 3. The molecule has 2 aromatic rings. The molecule has 3 rings (SSSR count). The van der Waals surface area contributed by atoms with Gasteiger partial charge in [0, 0.05) is 31.6 Å². The second kappa shape index (κ2) is 8.14. The first-order chi connectivity index (χ1) is 13.6. The number of amides is 2. The van der Waals surface area contributed by atoms with Crippen molar-refractivity contribution in [2.45, 2.75) is 34.2 Å². The van der Waals surface area contributed by atoms with E-state index in [0.717, 1.165) is 5.56 Å². The van der Waals surface area contributed by atoms with E-state index in [9.17, 15) is 14.0 Å². The molecule has 0 N–H and O–H groups in total. The van der Waals surface area contributed by atoms with Crippen LogP contribution in [0.3, 0.4) is 0 Å². The maximum Gasteiger partial charge on any atom is 0.259 e. The topological polar surface area (TPSA) is 58.4 Å². The van der Waals surface area contributed by atoms with Crippen molar-refractivity contribution in [3.05, 3.63) is 52.1 Å². The molecular formula is C21H26ClFN4O2. The van der Waals surface area contributed by atoms with Crippen LogP contribution in [0.2, 0.25) is 5.15 Å². The lowest BCUT2D eigenvalue weighted by Crippen LogP contribution is -2.53. The average molecular weight is 421 g/mol. The monoisotopic (exact) mass is 420 g/mol. The first-order valence-corrected chi connectivity index (χ1v) is 10.0. The van der Waals surface area contributed by atoms with E-state index in [-0.39, 0.29) is 22.8 Å². The van der Waals surface area contributed by atoms with Gasteiger partial charge >= 0.3 is 0 Å². The molecule has 1 saturated heterocycles. The van der Waals surface area contributed by atoms with Crippen LogP contribution in [0.1, 0.15) is 42.4 Å². The number of carbonyl (C=O) groups is 2. The molecule has 0 saturated carbocycles. The lowest BCUT2D eigenvalue weighted by atomic mass is 9.94. The van der Waals surface area contributed by atoms with E-state index in [0.29, 0.717) is 44.0 Å². The fourth-order valence-electron chi connectivity index (χ4n) is 3.41. The molecule has 8 heteroatoms. The summed E-state index contributed by atoms with van der Waals surface area (Å²) in [5, 5.41) is 4.67.